The van der Waals surface area contributed by atoms with E-state index in [4.69, 9.17) is 11.6 Å². The van der Waals surface area contributed by atoms with Gasteiger partial charge in [0.15, 0.2) is 0 Å². The Labute approximate surface area is 130 Å². The summed E-state index contributed by atoms with van der Waals surface area (Å²) in [7, 11) is -3.85. The van der Waals surface area contributed by atoms with Gasteiger partial charge >= 0.3 is 0 Å². The molecule has 0 aliphatic carbocycles. The molecule has 2 aromatic rings. The molecule has 0 aliphatic rings. The largest absolute Gasteiger partial charge is 0.289 e. The van der Waals surface area contributed by atoms with Crippen molar-refractivity contribution in [3.05, 3.63) is 55.2 Å². The predicted molar refractivity (Wildman–Crippen MR) is 81.2 cm³/mol. The number of hydrogen-bond donors (Lipinski definition) is 1. The van der Waals surface area contributed by atoms with Crippen molar-refractivity contribution in [2.24, 2.45) is 0 Å². The number of sulfonamides is 1. The van der Waals surface area contributed by atoms with Gasteiger partial charge in [0, 0.05) is 17.5 Å². The van der Waals surface area contributed by atoms with Crippen LogP contribution in [0.15, 0.2) is 34.5 Å². The topological polar surface area (TPSA) is 89.3 Å². The molecule has 0 radical (unpaired) electrons. The molecule has 6 nitrogen and oxygen atoms in total. The fourth-order valence-corrected chi connectivity index (χ4v) is 4.00. The summed E-state index contributed by atoms with van der Waals surface area (Å²) in [5, 5.41) is 12.6. The molecule has 0 saturated carbocycles. The van der Waals surface area contributed by atoms with E-state index in [0.717, 1.165) is 10.9 Å². The van der Waals surface area contributed by atoms with Crippen LogP contribution in [0.3, 0.4) is 0 Å². The molecule has 1 aromatic heterocycles. The first-order valence-corrected chi connectivity index (χ1v) is 8.52. The second-order valence-corrected chi connectivity index (χ2v) is 7.40. The smallest absolute Gasteiger partial charge is 0.258 e. The van der Waals surface area contributed by atoms with E-state index >= 15 is 0 Å². The van der Waals surface area contributed by atoms with E-state index in [-0.39, 0.29) is 16.5 Å². The Morgan fingerprint density at radius 1 is 1.43 bits per heavy atom. The Bertz CT molecular complexity index is 773. The molecule has 112 valence electrons. The number of nitrogens with zero attached hydrogens (tertiary/aromatic N) is 1. The Morgan fingerprint density at radius 2 is 2.14 bits per heavy atom. The minimum Gasteiger partial charge on any atom is -0.258 e. The van der Waals surface area contributed by atoms with E-state index in [9.17, 15) is 18.5 Å². The first kappa shape index (κ1) is 15.9. The van der Waals surface area contributed by atoms with Crippen molar-refractivity contribution in [1.29, 1.82) is 0 Å². The van der Waals surface area contributed by atoms with Crippen LogP contribution in [0.4, 0.5) is 5.69 Å². The number of hydrogen-bond acceptors (Lipinski definition) is 5. The summed E-state index contributed by atoms with van der Waals surface area (Å²) in [5.41, 5.74) is -0.0805. The van der Waals surface area contributed by atoms with Crippen molar-refractivity contribution in [3.8, 4) is 0 Å². The van der Waals surface area contributed by atoms with Crippen molar-refractivity contribution in [3.63, 3.8) is 0 Å². The highest BCUT2D eigenvalue weighted by Gasteiger charge is 2.23. The summed E-state index contributed by atoms with van der Waals surface area (Å²) < 4.78 is 26.9. The van der Waals surface area contributed by atoms with E-state index in [1.54, 1.807) is 6.07 Å². The molecule has 21 heavy (non-hydrogen) atoms. The van der Waals surface area contributed by atoms with Gasteiger partial charge in [-0.2, -0.15) is 0 Å². The maximum absolute atomic E-state index is 12.3. The number of nitro benzene ring substituents is 1. The van der Waals surface area contributed by atoms with Crippen molar-refractivity contribution in [2.45, 2.75) is 18.4 Å². The van der Waals surface area contributed by atoms with Crippen LogP contribution >= 0.6 is 22.9 Å². The van der Waals surface area contributed by atoms with Gasteiger partial charge < -0.3 is 0 Å². The second kappa shape index (κ2) is 6.10. The van der Waals surface area contributed by atoms with E-state index < -0.39 is 20.6 Å². The number of benzene rings is 1. The first-order valence-electron chi connectivity index (χ1n) is 5.78. The third-order valence-electron chi connectivity index (χ3n) is 2.75. The third-order valence-corrected chi connectivity index (χ3v) is 5.47. The van der Waals surface area contributed by atoms with Crippen molar-refractivity contribution in [2.75, 3.05) is 0 Å². The second-order valence-electron chi connectivity index (χ2n) is 4.23. The van der Waals surface area contributed by atoms with Gasteiger partial charge in [0.2, 0.25) is 10.0 Å². The van der Waals surface area contributed by atoms with Crippen molar-refractivity contribution in [1.82, 2.24) is 4.72 Å². The van der Waals surface area contributed by atoms with Gasteiger partial charge in [0.1, 0.15) is 5.02 Å². The number of nitro groups is 1. The zero-order valence-corrected chi connectivity index (χ0v) is 13.3. The lowest BCUT2D eigenvalue weighted by atomic mass is 10.2. The molecule has 0 fully saturated rings. The summed E-state index contributed by atoms with van der Waals surface area (Å²) in [4.78, 5) is 10.9. The average Bonchev–Trinajstić information content (AvgIpc) is 2.88. The molecule has 0 saturated heterocycles. The zero-order chi connectivity index (χ0) is 15.6. The SMILES string of the molecule is Cc1cc(Cl)c([N+](=O)[O-])cc1S(=O)(=O)NCc1cccs1. The Hall–Kier alpha value is -1.48. The summed E-state index contributed by atoms with van der Waals surface area (Å²) in [6, 6.07) is 5.87. The molecule has 0 aliphatic heterocycles. The Balaban J connectivity index is 2.35. The van der Waals surface area contributed by atoms with Crippen LogP contribution in [-0.2, 0) is 16.6 Å². The molecular formula is C12H11ClN2O4S2. The summed E-state index contributed by atoms with van der Waals surface area (Å²) >= 11 is 7.17. The molecule has 2 rings (SSSR count). The van der Waals surface area contributed by atoms with Crippen LogP contribution in [0.1, 0.15) is 10.4 Å². The molecule has 0 bridgehead atoms. The molecule has 0 spiro atoms. The van der Waals surface area contributed by atoms with Crippen LogP contribution in [0.2, 0.25) is 5.02 Å². The fraction of sp³-hybridized carbons (Fsp3) is 0.167. The van der Waals surface area contributed by atoms with Crippen LogP contribution in [0.5, 0.6) is 0 Å². The molecule has 0 unspecified atom stereocenters. The third kappa shape index (κ3) is 3.59. The summed E-state index contributed by atoms with van der Waals surface area (Å²) in [6.45, 7) is 1.67. The first-order chi connectivity index (χ1) is 9.81. The predicted octanol–water partition coefficient (Wildman–Crippen LogP) is 3.10. The van der Waals surface area contributed by atoms with Gasteiger partial charge in [-0.3, -0.25) is 10.1 Å². The van der Waals surface area contributed by atoms with Crippen molar-refractivity contribution < 1.29 is 13.3 Å². The molecule has 0 atom stereocenters. The molecule has 1 aromatic carbocycles. The monoisotopic (exact) mass is 346 g/mol. The van der Waals surface area contributed by atoms with Gasteiger partial charge in [0.25, 0.3) is 5.69 Å². The quantitative estimate of drug-likeness (QED) is 0.665. The fourth-order valence-electron chi connectivity index (χ4n) is 1.73. The van der Waals surface area contributed by atoms with E-state index in [2.05, 4.69) is 4.72 Å². The lowest BCUT2D eigenvalue weighted by Gasteiger charge is -2.09. The molecular weight excluding hydrogens is 336 g/mol. The average molecular weight is 347 g/mol. The summed E-state index contributed by atoms with van der Waals surface area (Å²) in [5.74, 6) is 0. The molecule has 0 amide bonds. The maximum atomic E-state index is 12.3. The van der Waals surface area contributed by atoms with E-state index in [1.165, 1.54) is 24.3 Å². The lowest BCUT2D eigenvalue weighted by molar-refractivity contribution is -0.384. The molecule has 1 N–H and O–H groups in total. The van der Waals surface area contributed by atoms with Gasteiger partial charge in [-0.1, -0.05) is 17.7 Å². The summed E-state index contributed by atoms with van der Waals surface area (Å²) in [6.07, 6.45) is 0. The normalized spacial score (nSPS) is 11.5. The van der Waals surface area contributed by atoms with E-state index in [0.29, 0.717) is 5.56 Å². The highest BCUT2D eigenvalue weighted by Crippen LogP contribution is 2.30. The van der Waals surface area contributed by atoms with Gasteiger partial charge in [-0.25, -0.2) is 13.1 Å². The van der Waals surface area contributed by atoms with Crippen LogP contribution in [0, 0.1) is 17.0 Å². The maximum Gasteiger partial charge on any atom is 0.289 e. The highest BCUT2D eigenvalue weighted by molar-refractivity contribution is 7.89. The molecule has 1 heterocycles. The number of thiophene rings is 1. The van der Waals surface area contributed by atoms with Gasteiger partial charge in [-0.05, 0) is 30.0 Å². The van der Waals surface area contributed by atoms with Gasteiger partial charge in [-0.15, -0.1) is 11.3 Å². The highest BCUT2D eigenvalue weighted by atomic mass is 35.5. The Morgan fingerprint density at radius 3 is 2.71 bits per heavy atom. The number of halogens is 1. The van der Waals surface area contributed by atoms with Crippen LogP contribution in [0.25, 0.3) is 0 Å². The van der Waals surface area contributed by atoms with E-state index in [1.807, 2.05) is 11.4 Å². The molecule has 9 heteroatoms. The minimum absolute atomic E-state index is 0.0882. The number of nitrogens with one attached hydrogen (secondary N) is 1. The van der Waals surface area contributed by atoms with Crippen molar-refractivity contribution >= 4 is 38.6 Å². The zero-order valence-electron chi connectivity index (χ0n) is 10.9. The lowest BCUT2D eigenvalue weighted by Crippen LogP contribution is -2.23. The minimum atomic E-state index is -3.85. The Kier molecular flexibility index (Phi) is 4.62. The van der Waals surface area contributed by atoms with Crippen LogP contribution in [-0.4, -0.2) is 13.3 Å². The van der Waals surface area contributed by atoms with Crippen LogP contribution < -0.4 is 4.72 Å². The standard InChI is InChI=1S/C12H11ClN2O4S2/c1-8-5-10(13)11(15(16)17)6-12(8)21(18,19)14-7-9-3-2-4-20-9/h2-6,14H,7H2,1H3. The number of rotatable bonds is 5. The van der Waals surface area contributed by atoms with Gasteiger partial charge in [0.05, 0.1) is 9.82 Å². The number of aryl methyl sites for hydroxylation is 1.